The van der Waals surface area contributed by atoms with Gasteiger partial charge in [0.25, 0.3) is 0 Å². The minimum absolute atomic E-state index is 0.276. The molecule has 172 valence electrons. The topological polar surface area (TPSA) is 80.7 Å². The minimum atomic E-state index is -0.755. The van der Waals surface area contributed by atoms with Crippen molar-refractivity contribution in [1.82, 2.24) is 24.9 Å². The van der Waals surface area contributed by atoms with Crippen molar-refractivity contribution in [3.05, 3.63) is 66.6 Å². The van der Waals surface area contributed by atoms with Gasteiger partial charge in [-0.3, -0.25) is 0 Å². The average molecular weight is 453 g/mol. The van der Waals surface area contributed by atoms with Gasteiger partial charge in [-0.15, -0.1) is 0 Å². The van der Waals surface area contributed by atoms with E-state index in [-0.39, 0.29) is 6.03 Å². The molecule has 0 radical (unpaired) electrons. The molecule has 2 aliphatic heterocycles. The van der Waals surface area contributed by atoms with Gasteiger partial charge in [0.05, 0.1) is 23.3 Å². The number of piperazine rings is 1. The number of carbonyl (C=O) groups excluding carboxylic acids is 1. The molecule has 0 spiro atoms. The Bertz CT molecular complexity index is 1100. The highest BCUT2D eigenvalue weighted by atomic mass is 19.1. The third-order valence-electron chi connectivity index (χ3n) is 5.46. The Kier molecular flexibility index (Phi) is 6.62. The number of carbonyl (C=O) groups is 1. The molecule has 2 aliphatic rings. The van der Waals surface area contributed by atoms with Crippen LogP contribution in [0.25, 0.3) is 11.4 Å². The van der Waals surface area contributed by atoms with Gasteiger partial charge in [-0.2, -0.15) is 5.10 Å². The van der Waals surface area contributed by atoms with E-state index in [1.807, 2.05) is 29.3 Å². The summed E-state index contributed by atoms with van der Waals surface area (Å²) in [6, 6.07) is 4.92. The Labute approximate surface area is 190 Å². The highest BCUT2D eigenvalue weighted by Gasteiger charge is 2.33. The van der Waals surface area contributed by atoms with Crippen molar-refractivity contribution < 1.29 is 13.6 Å². The first-order valence-electron chi connectivity index (χ1n) is 10.6. The molecule has 1 N–H and O–H groups in total. The summed E-state index contributed by atoms with van der Waals surface area (Å²) in [5, 5.41) is 5.49. The number of aromatic amines is 1. The van der Waals surface area contributed by atoms with Crippen LogP contribution in [0.1, 0.15) is 13.3 Å². The number of nitrogens with zero attached hydrogens (tertiary/aromatic N) is 6. The average Bonchev–Trinajstić information content (AvgIpc) is 3.50. The van der Waals surface area contributed by atoms with E-state index in [0.717, 1.165) is 30.5 Å². The quantitative estimate of drug-likeness (QED) is 0.693. The number of amides is 2. The number of halogens is 2. The lowest BCUT2D eigenvalue weighted by molar-refractivity contribution is 0.145. The van der Waals surface area contributed by atoms with Crippen molar-refractivity contribution in [2.24, 2.45) is 5.10 Å². The lowest BCUT2D eigenvalue weighted by Crippen LogP contribution is -2.53. The standard InChI is InChI=1S/C23H25F2N7O/c1-16(14-18(25)15-17(2)24)21-6-9-28-32(21)23(33)31-12-10-30(11-13-31)22-27-8-5-20(29-22)19-4-3-7-26-19/h3-5,7-9,14-15,21,26H,1,6,10-13H2,2H3/b17-15+,18-14+/t21-/m0/s1. The highest BCUT2D eigenvalue weighted by Crippen LogP contribution is 2.24. The zero-order chi connectivity index (χ0) is 23.4. The molecular formula is C23H25F2N7O. The second kappa shape index (κ2) is 9.76. The fourth-order valence-corrected chi connectivity index (χ4v) is 3.79. The lowest BCUT2D eigenvalue weighted by Gasteiger charge is -2.37. The number of aromatic nitrogens is 3. The molecule has 2 aromatic rings. The normalized spacial score (nSPS) is 19.4. The maximum atomic E-state index is 13.9. The minimum Gasteiger partial charge on any atom is -0.360 e. The molecule has 1 saturated heterocycles. The molecule has 4 heterocycles. The van der Waals surface area contributed by atoms with E-state index in [0.29, 0.717) is 44.1 Å². The van der Waals surface area contributed by atoms with Crippen LogP contribution in [0.2, 0.25) is 0 Å². The van der Waals surface area contributed by atoms with Gasteiger partial charge in [-0.25, -0.2) is 28.6 Å². The highest BCUT2D eigenvalue weighted by molar-refractivity contribution is 5.79. The van der Waals surface area contributed by atoms with Crippen LogP contribution in [0.15, 0.2) is 71.7 Å². The fourth-order valence-electron chi connectivity index (χ4n) is 3.79. The molecule has 0 saturated carbocycles. The number of nitrogens with one attached hydrogen (secondary N) is 1. The molecule has 1 fully saturated rings. The summed E-state index contributed by atoms with van der Waals surface area (Å²) in [5.74, 6) is -0.793. The summed E-state index contributed by atoms with van der Waals surface area (Å²) >= 11 is 0. The van der Waals surface area contributed by atoms with Crippen LogP contribution >= 0.6 is 0 Å². The summed E-state index contributed by atoms with van der Waals surface area (Å²) in [7, 11) is 0. The third-order valence-corrected chi connectivity index (χ3v) is 5.46. The summed E-state index contributed by atoms with van der Waals surface area (Å²) in [5.41, 5.74) is 2.06. The molecule has 2 aromatic heterocycles. The number of urea groups is 1. The predicted molar refractivity (Wildman–Crippen MR) is 123 cm³/mol. The van der Waals surface area contributed by atoms with E-state index < -0.39 is 17.7 Å². The van der Waals surface area contributed by atoms with Gasteiger partial charge in [0.1, 0.15) is 5.83 Å². The molecule has 0 aliphatic carbocycles. The second-order valence-electron chi connectivity index (χ2n) is 7.81. The Balaban J connectivity index is 1.38. The first-order valence-corrected chi connectivity index (χ1v) is 10.6. The number of anilines is 1. The van der Waals surface area contributed by atoms with Crippen LogP contribution in [0.5, 0.6) is 0 Å². The van der Waals surface area contributed by atoms with Crippen LogP contribution in [0.4, 0.5) is 19.5 Å². The van der Waals surface area contributed by atoms with E-state index in [1.54, 1.807) is 17.3 Å². The summed E-state index contributed by atoms with van der Waals surface area (Å²) in [6.45, 7) is 7.08. The number of rotatable bonds is 5. The van der Waals surface area contributed by atoms with Crippen molar-refractivity contribution in [3.8, 4) is 11.4 Å². The van der Waals surface area contributed by atoms with Gasteiger partial charge in [0, 0.05) is 57.3 Å². The Morgan fingerprint density at radius 2 is 2.00 bits per heavy atom. The van der Waals surface area contributed by atoms with E-state index in [1.165, 1.54) is 5.01 Å². The Morgan fingerprint density at radius 1 is 1.21 bits per heavy atom. The van der Waals surface area contributed by atoms with Gasteiger partial charge in [-0.05, 0) is 36.8 Å². The monoisotopic (exact) mass is 453 g/mol. The second-order valence-corrected chi connectivity index (χ2v) is 7.81. The smallest absolute Gasteiger partial charge is 0.341 e. The zero-order valence-corrected chi connectivity index (χ0v) is 18.3. The molecule has 0 unspecified atom stereocenters. The Hall–Kier alpha value is -3.82. The first kappa shape index (κ1) is 22.4. The maximum Gasteiger partial charge on any atom is 0.341 e. The van der Waals surface area contributed by atoms with Crippen LogP contribution in [-0.4, -0.2) is 69.3 Å². The Morgan fingerprint density at radius 3 is 2.70 bits per heavy atom. The van der Waals surface area contributed by atoms with Gasteiger partial charge >= 0.3 is 6.03 Å². The third kappa shape index (κ3) is 5.16. The molecule has 4 rings (SSSR count). The number of allylic oxidation sites excluding steroid dienone is 3. The fraction of sp³-hybridized carbons (Fsp3) is 0.304. The molecule has 33 heavy (non-hydrogen) atoms. The molecule has 8 nitrogen and oxygen atoms in total. The number of H-pyrrole nitrogens is 1. The van der Waals surface area contributed by atoms with Gasteiger partial charge in [0.15, 0.2) is 0 Å². The molecule has 0 bridgehead atoms. The summed E-state index contributed by atoms with van der Waals surface area (Å²) < 4.78 is 26.8. The van der Waals surface area contributed by atoms with Crippen LogP contribution in [-0.2, 0) is 0 Å². The molecule has 10 heteroatoms. The summed E-state index contributed by atoms with van der Waals surface area (Å²) in [6.07, 6.45) is 7.50. The van der Waals surface area contributed by atoms with E-state index in [9.17, 15) is 13.6 Å². The van der Waals surface area contributed by atoms with Gasteiger partial charge < -0.3 is 14.8 Å². The van der Waals surface area contributed by atoms with Crippen molar-refractivity contribution >= 4 is 18.2 Å². The lowest BCUT2D eigenvalue weighted by atomic mass is 10.1. The zero-order valence-electron chi connectivity index (χ0n) is 18.3. The maximum absolute atomic E-state index is 13.9. The van der Waals surface area contributed by atoms with Crippen LogP contribution in [0.3, 0.4) is 0 Å². The van der Waals surface area contributed by atoms with Crippen molar-refractivity contribution in [3.63, 3.8) is 0 Å². The molecule has 0 aromatic carbocycles. The summed E-state index contributed by atoms with van der Waals surface area (Å²) in [4.78, 5) is 29.0. The van der Waals surface area contributed by atoms with Crippen molar-refractivity contribution in [1.29, 1.82) is 0 Å². The number of hydrogen-bond donors (Lipinski definition) is 1. The van der Waals surface area contributed by atoms with Crippen LogP contribution < -0.4 is 4.90 Å². The number of hydrogen-bond acceptors (Lipinski definition) is 5. The molecule has 2 amide bonds. The van der Waals surface area contributed by atoms with E-state index >= 15 is 0 Å². The van der Waals surface area contributed by atoms with E-state index in [4.69, 9.17) is 0 Å². The largest absolute Gasteiger partial charge is 0.360 e. The first-order chi connectivity index (χ1) is 15.9. The van der Waals surface area contributed by atoms with Gasteiger partial charge in [-0.1, -0.05) is 6.58 Å². The molecular weight excluding hydrogens is 428 g/mol. The molecule has 1 atom stereocenters. The van der Waals surface area contributed by atoms with Crippen molar-refractivity contribution in [2.45, 2.75) is 19.4 Å². The van der Waals surface area contributed by atoms with Gasteiger partial charge in [0.2, 0.25) is 5.95 Å². The number of hydrazone groups is 1. The van der Waals surface area contributed by atoms with Crippen LogP contribution in [0, 0.1) is 0 Å². The van der Waals surface area contributed by atoms with E-state index in [2.05, 4.69) is 26.6 Å². The predicted octanol–water partition coefficient (Wildman–Crippen LogP) is 4.06. The SMILES string of the molecule is C=C(/C=C(F)\C=C(/C)F)[C@@H]1CC=NN1C(=O)N1CCN(c2nccc(-c3ccc[nH]3)n2)CC1. The van der Waals surface area contributed by atoms with Crippen molar-refractivity contribution in [2.75, 3.05) is 31.1 Å².